The van der Waals surface area contributed by atoms with Crippen LogP contribution in [0, 0.1) is 6.92 Å². The lowest BCUT2D eigenvalue weighted by Gasteiger charge is -2.27. The Balaban J connectivity index is 2.80. The van der Waals surface area contributed by atoms with E-state index < -0.39 is 5.97 Å². The summed E-state index contributed by atoms with van der Waals surface area (Å²) in [6.07, 6.45) is 3.63. The first-order chi connectivity index (χ1) is 7.02. The molecule has 0 aliphatic heterocycles. The first kappa shape index (κ1) is 11.5. The van der Waals surface area contributed by atoms with E-state index in [0.717, 1.165) is 11.3 Å². The van der Waals surface area contributed by atoms with E-state index in [1.165, 1.54) is 0 Å². The molecule has 4 heteroatoms. The summed E-state index contributed by atoms with van der Waals surface area (Å²) in [4.78, 5) is 16.6. The van der Waals surface area contributed by atoms with Crippen molar-refractivity contribution in [2.45, 2.75) is 26.3 Å². The zero-order valence-electron chi connectivity index (χ0n) is 9.27. The van der Waals surface area contributed by atoms with E-state index in [1.54, 1.807) is 12.4 Å². The summed E-state index contributed by atoms with van der Waals surface area (Å²) < 4.78 is 0. The molecular formula is C11H16N2O2. The molecule has 4 nitrogen and oxygen atoms in total. The second-order valence-corrected chi connectivity index (χ2v) is 3.72. The maximum Gasteiger partial charge on any atom is 0.305 e. The Morgan fingerprint density at radius 3 is 2.87 bits per heavy atom. The van der Waals surface area contributed by atoms with Gasteiger partial charge in [0.1, 0.15) is 0 Å². The Labute approximate surface area is 89.6 Å². The van der Waals surface area contributed by atoms with Crippen LogP contribution in [0.25, 0.3) is 0 Å². The van der Waals surface area contributed by atoms with Crippen LogP contribution in [0.2, 0.25) is 0 Å². The van der Waals surface area contributed by atoms with Crippen LogP contribution in [0.3, 0.4) is 0 Å². The summed E-state index contributed by atoms with van der Waals surface area (Å²) in [5, 5.41) is 8.71. The lowest BCUT2D eigenvalue weighted by molar-refractivity contribution is -0.137. The van der Waals surface area contributed by atoms with Gasteiger partial charge in [-0.25, -0.2) is 0 Å². The molecule has 0 saturated carbocycles. The highest BCUT2D eigenvalue weighted by molar-refractivity contribution is 5.68. The monoisotopic (exact) mass is 208 g/mol. The minimum Gasteiger partial charge on any atom is -0.481 e. The Morgan fingerprint density at radius 2 is 2.33 bits per heavy atom. The highest BCUT2D eigenvalue weighted by atomic mass is 16.4. The van der Waals surface area contributed by atoms with Gasteiger partial charge in [-0.1, -0.05) is 0 Å². The van der Waals surface area contributed by atoms with Gasteiger partial charge in [0.25, 0.3) is 0 Å². The van der Waals surface area contributed by atoms with E-state index in [2.05, 4.69) is 4.98 Å². The van der Waals surface area contributed by atoms with Crippen molar-refractivity contribution < 1.29 is 9.90 Å². The van der Waals surface area contributed by atoms with Crippen LogP contribution in [0.5, 0.6) is 0 Å². The fraction of sp³-hybridized carbons (Fsp3) is 0.455. The number of carboxylic acid groups (broad SMARTS) is 1. The largest absolute Gasteiger partial charge is 0.481 e. The highest BCUT2D eigenvalue weighted by Gasteiger charge is 2.14. The summed E-state index contributed by atoms with van der Waals surface area (Å²) in [6.45, 7) is 3.86. The van der Waals surface area contributed by atoms with Gasteiger partial charge in [-0.2, -0.15) is 0 Å². The molecular weight excluding hydrogens is 192 g/mol. The van der Waals surface area contributed by atoms with Gasteiger partial charge in [0.05, 0.1) is 6.42 Å². The molecule has 0 radical (unpaired) electrons. The number of carboxylic acids is 1. The summed E-state index contributed by atoms with van der Waals surface area (Å²) in [7, 11) is 1.90. The first-order valence-corrected chi connectivity index (χ1v) is 4.87. The van der Waals surface area contributed by atoms with Crippen LogP contribution in [-0.2, 0) is 4.79 Å². The zero-order chi connectivity index (χ0) is 11.4. The number of pyridine rings is 1. The molecule has 0 aromatic carbocycles. The Kier molecular flexibility index (Phi) is 3.66. The molecule has 0 aliphatic carbocycles. The van der Waals surface area contributed by atoms with Crippen molar-refractivity contribution in [3.8, 4) is 0 Å². The molecule has 82 valence electrons. The molecule has 0 amide bonds. The van der Waals surface area contributed by atoms with Crippen LogP contribution >= 0.6 is 0 Å². The van der Waals surface area contributed by atoms with E-state index in [0.29, 0.717) is 0 Å². The van der Waals surface area contributed by atoms with Crippen LogP contribution < -0.4 is 4.90 Å². The molecule has 0 fully saturated rings. The number of aliphatic carboxylic acids is 1. The highest BCUT2D eigenvalue weighted by Crippen LogP contribution is 2.19. The molecule has 1 aromatic heterocycles. The van der Waals surface area contributed by atoms with Gasteiger partial charge in [0.2, 0.25) is 0 Å². The molecule has 1 atom stereocenters. The Hall–Kier alpha value is -1.58. The first-order valence-electron chi connectivity index (χ1n) is 4.87. The molecule has 15 heavy (non-hydrogen) atoms. The number of nitrogens with zero attached hydrogens (tertiary/aromatic N) is 2. The Morgan fingerprint density at radius 1 is 1.67 bits per heavy atom. The van der Waals surface area contributed by atoms with Crippen LogP contribution in [-0.4, -0.2) is 29.1 Å². The average Bonchev–Trinajstić information content (AvgIpc) is 2.16. The van der Waals surface area contributed by atoms with E-state index in [1.807, 2.05) is 31.9 Å². The van der Waals surface area contributed by atoms with Gasteiger partial charge in [-0.05, 0) is 25.5 Å². The minimum absolute atomic E-state index is 0.0244. The second kappa shape index (κ2) is 4.77. The lowest BCUT2D eigenvalue weighted by atomic mass is 10.1. The quantitative estimate of drug-likeness (QED) is 0.818. The molecule has 0 bridgehead atoms. The minimum atomic E-state index is -0.777. The number of aromatic nitrogens is 1. The second-order valence-electron chi connectivity index (χ2n) is 3.72. The molecule has 0 spiro atoms. The van der Waals surface area contributed by atoms with Gasteiger partial charge < -0.3 is 10.0 Å². The van der Waals surface area contributed by atoms with Crippen molar-refractivity contribution >= 4 is 11.7 Å². The smallest absolute Gasteiger partial charge is 0.305 e. The van der Waals surface area contributed by atoms with Crippen LogP contribution in [0.4, 0.5) is 5.69 Å². The van der Waals surface area contributed by atoms with Gasteiger partial charge in [0, 0.05) is 31.2 Å². The summed E-state index contributed by atoms with van der Waals surface area (Å²) in [6, 6.07) is 1.87. The van der Waals surface area contributed by atoms with Crippen LogP contribution in [0.1, 0.15) is 18.9 Å². The maximum atomic E-state index is 10.6. The third-order valence-electron chi connectivity index (χ3n) is 2.50. The fourth-order valence-electron chi connectivity index (χ4n) is 1.49. The van der Waals surface area contributed by atoms with E-state index in [-0.39, 0.29) is 12.5 Å². The molecule has 0 aliphatic rings. The van der Waals surface area contributed by atoms with Crippen molar-refractivity contribution in [2.24, 2.45) is 0 Å². The summed E-state index contributed by atoms with van der Waals surface area (Å²) in [5.74, 6) is -0.777. The lowest BCUT2D eigenvalue weighted by Crippen LogP contribution is -2.31. The third kappa shape index (κ3) is 2.94. The van der Waals surface area contributed by atoms with Crippen molar-refractivity contribution in [2.75, 3.05) is 11.9 Å². The SMILES string of the molecule is Cc1cnccc1N(C)C(C)CC(=O)O. The number of hydrogen-bond acceptors (Lipinski definition) is 3. The van der Waals surface area contributed by atoms with E-state index >= 15 is 0 Å². The zero-order valence-corrected chi connectivity index (χ0v) is 9.27. The average molecular weight is 208 g/mol. The maximum absolute atomic E-state index is 10.6. The molecule has 1 aromatic rings. The van der Waals surface area contributed by atoms with Gasteiger partial charge in [-0.3, -0.25) is 9.78 Å². The number of carbonyl (C=O) groups is 1. The molecule has 1 heterocycles. The van der Waals surface area contributed by atoms with Crippen molar-refractivity contribution in [3.63, 3.8) is 0 Å². The van der Waals surface area contributed by atoms with E-state index in [4.69, 9.17) is 5.11 Å². The topological polar surface area (TPSA) is 53.4 Å². The number of aryl methyl sites for hydroxylation is 1. The number of anilines is 1. The normalized spacial score (nSPS) is 12.2. The molecule has 1 rings (SSSR count). The van der Waals surface area contributed by atoms with Gasteiger partial charge in [0.15, 0.2) is 0 Å². The van der Waals surface area contributed by atoms with Crippen molar-refractivity contribution in [1.82, 2.24) is 4.98 Å². The number of rotatable bonds is 4. The third-order valence-corrected chi connectivity index (χ3v) is 2.50. The van der Waals surface area contributed by atoms with Gasteiger partial charge in [-0.15, -0.1) is 0 Å². The van der Waals surface area contributed by atoms with Crippen LogP contribution in [0.15, 0.2) is 18.5 Å². The van der Waals surface area contributed by atoms with E-state index in [9.17, 15) is 4.79 Å². The summed E-state index contributed by atoms with van der Waals surface area (Å²) >= 11 is 0. The predicted octanol–water partition coefficient (Wildman–Crippen LogP) is 1.69. The van der Waals surface area contributed by atoms with Crippen molar-refractivity contribution in [3.05, 3.63) is 24.0 Å². The molecule has 0 saturated heterocycles. The van der Waals surface area contributed by atoms with Gasteiger partial charge >= 0.3 is 5.97 Å². The number of hydrogen-bond donors (Lipinski definition) is 1. The fourth-order valence-corrected chi connectivity index (χ4v) is 1.49. The molecule has 1 unspecified atom stereocenters. The molecule has 1 N–H and O–H groups in total. The standard InChI is InChI=1S/C11H16N2O2/c1-8-7-12-5-4-10(8)13(3)9(2)6-11(14)15/h4-5,7,9H,6H2,1-3H3,(H,14,15). The van der Waals surface area contributed by atoms with Crippen molar-refractivity contribution in [1.29, 1.82) is 0 Å². The Bertz CT molecular complexity index is 352. The predicted molar refractivity (Wildman–Crippen MR) is 59.1 cm³/mol. The summed E-state index contributed by atoms with van der Waals surface area (Å²) in [5.41, 5.74) is 2.08.